The highest BCUT2D eigenvalue weighted by Gasteiger charge is 2.29. The van der Waals surface area contributed by atoms with E-state index in [9.17, 15) is 10.4 Å². The maximum absolute atomic E-state index is 10.8. The van der Waals surface area contributed by atoms with E-state index in [1.165, 1.54) is 0 Å². The van der Waals surface area contributed by atoms with Gasteiger partial charge in [-0.15, -0.1) is 0 Å². The number of hydrogen-bond donors (Lipinski definition) is 2. The van der Waals surface area contributed by atoms with Crippen molar-refractivity contribution < 1.29 is 5.11 Å². The molecule has 4 heterocycles. The van der Waals surface area contributed by atoms with Gasteiger partial charge in [-0.25, -0.2) is 15.0 Å². The molecular formula is C28H31N7O. The highest BCUT2D eigenvalue weighted by atomic mass is 16.3. The zero-order chi connectivity index (χ0) is 25.2. The summed E-state index contributed by atoms with van der Waals surface area (Å²) < 4.78 is 1.97. The first-order valence-electron chi connectivity index (χ1n) is 12.5. The molecule has 4 aromatic rings. The van der Waals surface area contributed by atoms with E-state index in [0.717, 1.165) is 53.8 Å². The number of nitrogens with one attached hydrogen (secondary N) is 1. The largest absolute Gasteiger partial charge is 0.387 e. The van der Waals surface area contributed by atoms with Crippen LogP contribution in [0.1, 0.15) is 61.1 Å². The summed E-state index contributed by atoms with van der Waals surface area (Å²) in [4.78, 5) is 15.9. The molecule has 1 aliphatic heterocycles. The Labute approximate surface area is 211 Å². The van der Waals surface area contributed by atoms with Crippen molar-refractivity contribution in [2.24, 2.45) is 0 Å². The first-order valence-corrected chi connectivity index (χ1v) is 12.5. The predicted molar refractivity (Wildman–Crippen MR) is 139 cm³/mol. The highest BCUT2D eigenvalue weighted by Crippen LogP contribution is 2.30. The summed E-state index contributed by atoms with van der Waals surface area (Å²) in [6.07, 6.45) is 7.77. The van der Waals surface area contributed by atoms with Crippen LogP contribution in [0, 0.1) is 11.3 Å². The van der Waals surface area contributed by atoms with Gasteiger partial charge in [-0.05, 0) is 62.5 Å². The van der Waals surface area contributed by atoms with E-state index in [4.69, 9.17) is 4.98 Å². The van der Waals surface area contributed by atoms with E-state index < -0.39 is 6.10 Å². The number of nitrogens with zero attached hydrogens (tertiary/aromatic N) is 6. The number of aromatic nitrogens is 4. The van der Waals surface area contributed by atoms with Crippen LogP contribution in [-0.2, 0) is 6.42 Å². The molecule has 3 atom stereocenters. The Morgan fingerprint density at radius 1 is 1.17 bits per heavy atom. The maximum atomic E-state index is 10.8. The van der Waals surface area contributed by atoms with Gasteiger partial charge in [0.1, 0.15) is 17.4 Å². The number of benzene rings is 1. The fourth-order valence-electron chi connectivity index (χ4n) is 5.06. The summed E-state index contributed by atoms with van der Waals surface area (Å²) in [5.41, 5.74) is 5.69. The van der Waals surface area contributed by atoms with Crippen molar-refractivity contribution in [1.29, 1.82) is 5.26 Å². The van der Waals surface area contributed by atoms with E-state index in [1.807, 2.05) is 47.9 Å². The fourth-order valence-corrected chi connectivity index (χ4v) is 5.06. The Bertz CT molecular complexity index is 1410. The van der Waals surface area contributed by atoms with Crippen LogP contribution in [-0.4, -0.2) is 49.0 Å². The van der Waals surface area contributed by atoms with Crippen LogP contribution in [0.2, 0.25) is 0 Å². The summed E-state index contributed by atoms with van der Waals surface area (Å²) in [5.74, 6) is 0.440. The summed E-state index contributed by atoms with van der Waals surface area (Å²) in [7, 11) is 2.07. The van der Waals surface area contributed by atoms with E-state index >= 15 is 0 Å². The van der Waals surface area contributed by atoms with Crippen molar-refractivity contribution in [3.63, 3.8) is 0 Å². The number of imidazole rings is 1. The van der Waals surface area contributed by atoms with Crippen LogP contribution >= 0.6 is 0 Å². The molecule has 0 radical (unpaired) electrons. The summed E-state index contributed by atoms with van der Waals surface area (Å²) in [6, 6.07) is 14.4. The lowest BCUT2D eigenvalue weighted by Crippen LogP contribution is -2.31. The van der Waals surface area contributed by atoms with E-state index in [1.54, 1.807) is 12.4 Å². The van der Waals surface area contributed by atoms with Gasteiger partial charge in [0.25, 0.3) is 0 Å². The molecule has 8 heteroatoms. The zero-order valence-electron chi connectivity index (χ0n) is 20.9. The van der Waals surface area contributed by atoms with Gasteiger partial charge in [0.2, 0.25) is 5.95 Å². The van der Waals surface area contributed by atoms with Crippen LogP contribution in [0.5, 0.6) is 0 Å². The fraction of sp³-hybridized carbons (Fsp3) is 0.357. The van der Waals surface area contributed by atoms with Gasteiger partial charge in [-0.3, -0.25) is 4.40 Å². The Hall–Kier alpha value is -3.80. The molecule has 36 heavy (non-hydrogen) atoms. The third-order valence-corrected chi connectivity index (χ3v) is 7.21. The molecule has 0 amide bonds. The Kier molecular flexibility index (Phi) is 6.68. The number of anilines is 1. The van der Waals surface area contributed by atoms with Gasteiger partial charge in [0.15, 0.2) is 0 Å². The lowest BCUT2D eigenvalue weighted by molar-refractivity contribution is 0.0857. The van der Waals surface area contributed by atoms with Gasteiger partial charge < -0.3 is 15.3 Å². The average Bonchev–Trinajstić information content (AvgIpc) is 3.54. The van der Waals surface area contributed by atoms with E-state index in [2.05, 4.69) is 46.3 Å². The maximum Gasteiger partial charge on any atom is 0.223 e. The van der Waals surface area contributed by atoms with Crippen LogP contribution in [0.15, 0.2) is 55.0 Å². The van der Waals surface area contributed by atoms with E-state index in [-0.39, 0.29) is 12.1 Å². The number of fused-ring (bicyclic) bond motifs is 1. The SMILES string of the molecule is CCc1cccn2c(-c3nc(N[C@@H](C)c4ccc(C(O)[C@H]5CCCN5C)cc4)ncc3C#N)cnc12. The number of rotatable bonds is 7. The average molecular weight is 482 g/mol. The molecule has 1 fully saturated rings. The Balaban J connectivity index is 1.38. The van der Waals surface area contributed by atoms with Crippen molar-refractivity contribution in [2.75, 3.05) is 18.9 Å². The third kappa shape index (κ3) is 4.43. The Morgan fingerprint density at radius 3 is 2.64 bits per heavy atom. The van der Waals surface area contributed by atoms with Gasteiger partial charge in [-0.1, -0.05) is 37.3 Å². The Morgan fingerprint density at radius 2 is 1.94 bits per heavy atom. The molecular weight excluding hydrogens is 450 g/mol. The second-order valence-electron chi connectivity index (χ2n) is 9.46. The molecule has 1 unspecified atom stereocenters. The molecule has 0 saturated carbocycles. The molecule has 5 rings (SSSR count). The second kappa shape index (κ2) is 10.1. The minimum Gasteiger partial charge on any atom is -0.387 e. The van der Waals surface area contributed by atoms with Gasteiger partial charge in [0.05, 0.1) is 35.8 Å². The number of aryl methyl sites for hydroxylation is 1. The summed E-state index contributed by atoms with van der Waals surface area (Å²) in [5, 5.41) is 23.9. The number of hydrogen-bond acceptors (Lipinski definition) is 7. The van der Waals surface area contributed by atoms with Crippen LogP contribution in [0.4, 0.5) is 5.95 Å². The van der Waals surface area contributed by atoms with Crippen molar-refractivity contribution in [1.82, 2.24) is 24.3 Å². The summed E-state index contributed by atoms with van der Waals surface area (Å²) >= 11 is 0. The van der Waals surface area contributed by atoms with Gasteiger partial charge >= 0.3 is 0 Å². The first kappa shape index (κ1) is 23.9. The van der Waals surface area contributed by atoms with Crippen LogP contribution in [0.25, 0.3) is 17.0 Å². The molecule has 1 saturated heterocycles. The van der Waals surface area contributed by atoms with Gasteiger partial charge in [-0.2, -0.15) is 5.26 Å². The zero-order valence-corrected chi connectivity index (χ0v) is 20.9. The minimum absolute atomic E-state index is 0.0694. The number of aliphatic hydroxyl groups is 1. The normalized spacial score (nSPS) is 17.7. The van der Waals surface area contributed by atoms with Crippen molar-refractivity contribution in [2.45, 2.75) is 51.3 Å². The number of likely N-dealkylation sites (tertiary alicyclic amines) is 1. The van der Waals surface area contributed by atoms with E-state index in [0.29, 0.717) is 17.2 Å². The number of likely N-dealkylation sites (N-methyl/N-ethyl adjacent to an activating group) is 1. The van der Waals surface area contributed by atoms with Crippen molar-refractivity contribution in [3.8, 4) is 17.5 Å². The first-order chi connectivity index (χ1) is 17.5. The topological polar surface area (TPSA) is 102 Å². The van der Waals surface area contributed by atoms with Crippen LogP contribution in [0.3, 0.4) is 0 Å². The molecule has 3 aromatic heterocycles. The molecule has 0 bridgehead atoms. The molecule has 184 valence electrons. The molecule has 1 aromatic carbocycles. The lowest BCUT2D eigenvalue weighted by Gasteiger charge is -2.25. The second-order valence-corrected chi connectivity index (χ2v) is 9.46. The lowest BCUT2D eigenvalue weighted by atomic mass is 9.98. The molecule has 2 N–H and O–H groups in total. The number of aliphatic hydroxyl groups excluding tert-OH is 1. The molecule has 0 spiro atoms. The molecule has 1 aliphatic rings. The smallest absolute Gasteiger partial charge is 0.223 e. The minimum atomic E-state index is -0.488. The van der Waals surface area contributed by atoms with Gasteiger partial charge in [0, 0.05) is 12.2 Å². The summed E-state index contributed by atoms with van der Waals surface area (Å²) in [6.45, 7) is 5.17. The van der Waals surface area contributed by atoms with Crippen LogP contribution < -0.4 is 5.32 Å². The quantitative estimate of drug-likeness (QED) is 0.400. The number of nitriles is 1. The standard InChI is InChI=1S/C28H31N7O/c1-4-19-7-5-14-35-24(17-30-27(19)35)25-22(15-29)16-31-28(33-25)32-18(2)20-9-11-21(12-10-20)26(36)23-8-6-13-34(23)3/h5,7,9-12,14,16-18,23,26,36H,4,6,8,13H2,1-3H3,(H,31,32,33)/t18-,23+,26?/m0/s1. The molecule has 0 aliphatic carbocycles. The monoisotopic (exact) mass is 481 g/mol. The predicted octanol–water partition coefficient (Wildman–Crippen LogP) is 4.53. The third-order valence-electron chi connectivity index (χ3n) is 7.21. The number of pyridine rings is 1. The highest BCUT2D eigenvalue weighted by molar-refractivity contribution is 5.68. The van der Waals surface area contributed by atoms with Crippen molar-refractivity contribution >= 4 is 11.6 Å². The molecule has 8 nitrogen and oxygen atoms in total. The van der Waals surface area contributed by atoms with Crippen molar-refractivity contribution in [3.05, 3.63) is 77.2 Å².